The molecular formula is C20H32N4. The largest absolute Gasteiger partial charge is 0.357 e. The maximum absolute atomic E-state index is 4.50. The van der Waals surface area contributed by atoms with Gasteiger partial charge in [-0.1, -0.05) is 18.9 Å². The van der Waals surface area contributed by atoms with Gasteiger partial charge in [-0.15, -0.1) is 0 Å². The van der Waals surface area contributed by atoms with Crippen LogP contribution in [0.3, 0.4) is 0 Å². The lowest BCUT2D eigenvalue weighted by atomic mass is 9.87. The Bertz CT molecular complexity index is 492. The molecule has 0 bridgehead atoms. The van der Waals surface area contributed by atoms with Crippen LogP contribution in [-0.4, -0.2) is 42.7 Å². The van der Waals surface area contributed by atoms with Crippen LogP contribution in [0.25, 0.3) is 0 Å². The van der Waals surface area contributed by atoms with E-state index in [2.05, 4.69) is 32.7 Å². The molecule has 2 aliphatic heterocycles. The zero-order valence-electron chi connectivity index (χ0n) is 14.8. The van der Waals surface area contributed by atoms with Crippen molar-refractivity contribution in [3.05, 3.63) is 24.4 Å². The number of hydrogen-bond acceptors (Lipinski definition) is 4. The van der Waals surface area contributed by atoms with Crippen LogP contribution >= 0.6 is 0 Å². The second-order valence-corrected chi connectivity index (χ2v) is 7.87. The first-order chi connectivity index (χ1) is 11.9. The number of hydrogen-bond donors (Lipinski definition) is 2. The quantitative estimate of drug-likeness (QED) is 0.891. The summed E-state index contributed by atoms with van der Waals surface area (Å²) < 4.78 is 0. The van der Waals surface area contributed by atoms with Gasteiger partial charge in [0.05, 0.1) is 0 Å². The van der Waals surface area contributed by atoms with Crippen molar-refractivity contribution in [2.24, 2.45) is 5.92 Å². The minimum atomic E-state index is 0.694. The molecule has 3 fully saturated rings. The summed E-state index contributed by atoms with van der Waals surface area (Å²) in [7, 11) is 0. The molecule has 3 heterocycles. The Morgan fingerprint density at radius 2 is 1.92 bits per heavy atom. The molecule has 1 aromatic heterocycles. The molecule has 0 amide bonds. The third-order valence-electron chi connectivity index (χ3n) is 6.35. The summed E-state index contributed by atoms with van der Waals surface area (Å²) >= 11 is 0. The van der Waals surface area contributed by atoms with Gasteiger partial charge in [-0.25, -0.2) is 4.98 Å². The van der Waals surface area contributed by atoms with E-state index in [0.717, 1.165) is 36.9 Å². The molecule has 0 spiro atoms. The molecule has 1 saturated carbocycles. The molecule has 24 heavy (non-hydrogen) atoms. The fourth-order valence-corrected chi connectivity index (χ4v) is 5.04. The SMILES string of the molecule is c1ccc(N2CCC(NC3CCCC3C3CCCCN3)CC2)nc1. The lowest BCUT2D eigenvalue weighted by Gasteiger charge is -2.38. The maximum Gasteiger partial charge on any atom is 0.128 e. The normalized spacial score (nSPS) is 32.2. The minimum absolute atomic E-state index is 0.694. The minimum Gasteiger partial charge on any atom is -0.357 e. The van der Waals surface area contributed by atoms with E-state index in [0.29, 0.717) is 6.04 Å². The molecule has 132 valence electrons. The van der Waals surface area contributed by atoms with Crippen LogP contribution in [0.15, 0.2) is 24.4 Å². The standard InChI is InChI=1S/C20H32N4/c1-3-12-21-18(7-1)17-6-5-8-19(17)23-16-10-14-24(15-11-16)20-9-2-4-13-22-20/h2,4,9,13,16-19,21,23H,1,3,5-8,10-12,14-15H2. The first-order valence-corrected chi connectivity index (χ1v) is 10.1. The van der Waals surface area contributed by atoms with E-state index in [4.69, 9.17) is 0 Å². The summed E-state index contributed by atoms with van der Waals surface area (Å²) in [6.45, 7) is 3.50. The van der Waals surface area contributed by atoms with Gasteiger partial charge in [-0.2, -0.15) is 0 Å². The summed E-state index contributed by atoms with van der Waals surface area (Å²) in [6, 6.07) is 8.43. The lowest BCUT2D eigenvalue weighted by Crippen LogP contribution is -2.51. The summed E-state index contributed by atoms with van der Waals surface area (Å²) in [5, 5.41) is 7.85. The van der Waals surface area contributed by atoms with E-state index in [1.807, 2.05) is 12.3 Å². The molecule has 3 atom stereocenters. The van der Waals surface area contributed by atoms with Crippen LogP contribution < -0.4 is 15.5 Å². The molecule has 4 nitrogen and oxygen atoms in total. The van der Waals surface area contributed by atoms with E-state index >= 15 is 0 Å². The smallest absolute Gasteiger partial charge is 0.128 e. The molecule has 4 heteroatoms. The Morgan fingerprint density at radius 1 is 1.00 bits per heavy atom. The van der Waals surface area contributed by atoms with Crippen molar-refractivity contribution in [2.75, 3.05) is 24.5 Å². The molecule has 1 aromatic rings. The third-order valence-corrected chi connectivity index (χ3v) is 6.35. The molecule has 2 saturated heterocycles. The first kappa shape index (κ1) is 16.3. The van der Waals surface area contributed by atoms with Crippen molar-refractivity contribution >= 4 is 5.82 Å². The van der Waals surface area contributed by atoms with Gasteiger partial charge in [-0.05, 0) is 63.1 Å². The Kier molecular flexibility index (Phi) is 5.34. The van der Waals surface area contributed by atoms with Crippen molar-refractivity contribution < 1.29 is 0 Å². The summed E-state index contributed by atoms with van der Waals surface area (Å²) in [5.41, 5.74) is 0. The fourth-order valence-electron chi connectivity index (χ4n) is 5.04. The van der Waals surface area contributed by atoms with E-state index in [-0.39, 0.29) is 0 Å². The molecule has 2 N–H and O–H groups in total. The summed E-state index contributed by atoms with van der Waals surface area (Å²) in [5.74, 6) is 2.00. The molecule has 0 aromatic carbocycles. The molecular weight excluding hydrogens is 296 g/mol. The molecule has 3 unspecified atom stereocenters. The predicted octanol–water partition coefficient (Wildman–Crippen LogP) is 2.95. The van der Waals surface area contributed by atoms with Gasteiger partial charge in [0, 0.05) is 37.4 Å². The number of nitrogens with one attached hydrogen (secondary N) is 2. The van der Waals surface area contributed by atoms with Crippen LogP contribution in [0.2, 0.25) is 0 Å². The summed E-state index contributed by atoms with van der Waals surface area (Å²) in [6.07, 6.45) is 12.8. The fraction of sp³-hybridized carbons (Fsp3) is 0.750. The molecule has 1 aliphatic carbocycles. The molecule has 3 aliphatic rings. The Hall–Kier alpha value is -1.13. The topological polar surface area (TPSA) is 40.2 Å². The number of rotatable bonds is 4. The van der Waals surface area contributed by atoms with Crippen molar-refractivity contribution in [3.63, 3.8) is 0 Å². The van der Waals surface area contributed by atoms with Crippen LogP contribution in [0.1, 0.15) is 51.4 Å². The number of nitrogens with zero attached hydrogens (tertiary/aromatic N) is 2. The highest BCUT2D eigenvalue weighted by Crippen LogP contribution is 2.32. The van der Waals surface area contributed by atoms with Gasteiger partial charge in [0.1, 0.15) is 5.82 Å². The van der Waals surface area contributed by atoms with Gasteiger partial charge in [0.15, 0.2) is 0 Å². The molecule has 4 rings (SSSR count). The average molecular weight is 329 g/mol. The van der Waals surface area contributed by atoms with E-state index in [1.54, 1.807) is 0 Å². The highest BCUT2D eigenvalue weighted by atomic mass is 15.2. The third kappa shape index (κ3) is 3.75. The second-order valence-electron chi connectivity index (χ2n) is 7.87. The number of pyridine rings is 1. The van der Waals surface area contributed by atoms with Crippen LogP contribution in [0.4, 0.5) is 5.82 Å². The van der Waals surface area contributed by atoms with E-state index < -0.39 is 0 Å². The first-order valence-electron chi connectivity index (χ1n) is 10.1. The van der Waals surface area contributed by atoms with Crippen LogP contribution in [0, 0.1) is 5.92 Å². The van der Waals surface area contributed by atoms with Gasteiger partial charge in [0.2, 0.25) is 0 Å². The van der Waals surface area contributed by atoms with Gasteiger partial charge >= 0.3 is 0 Å². The Labute approximate surface area is 146 Å². The second kappa shape index (κ2) is 7.83. The number of aromatic nitrogens is 1. The van der Waals surface area contributed by atoms with Gasteiger partial charge in [0.25, 0.3) is 0 Å². The number of piperidine rings is 2. The summed E-state index contributed by atoms with van der Waals surface area (Å²) in [4.78, 5) is 6.94. The highest BCUT2D eigenvalue weighted by molar-refractivity contribution is 5.38. The molecule has 0 radical (unpaired) electrons. The van der Waals surface area contributed by atoms with Gasteiger partial charge < -0.3 is 15.5 Å². The van der Waals surface area contributed by atoms with Crippen LogP contribution in [-0.2, 0) is 0 Å². The zero-order valence-corrected chi connectivity index (χ0v) is 14.8. The zero-order chi connectivity index (χ0) is 16.2. The van der Waals surface area contributed by atoms with Gasteiger partial charge in [-0.3, -0.25) is 0 Å². The van der Waals surface area contributed by atoms with Crippen LogP contribution in [0.5, 0.6) is 0 Å². The maximum atomic E-state index is 4.50. The average Bonchev–Trinajstić information content (AvgIpc) is 3.12. The monoisotopic (exact) mass is 328 g/mol. The number of anilines is 1. The van der Waals surface area contributed by atoms with Crippen molar-refractivity contribution in [1.29, 1.82) is 0 Å². The van der Waals surface area contributed by atoms with E-state index in [1.165, 1.54) is 57.9 Å². The van der Waals surface area contributed by atoms with Crippen molar-refractivity contribution in [1.82, 2.24) is 15.6 Å². The van der Waals surface area contributed by atoms with Crippen molar-refractivity contribution in [3.8, 4) is 0 Å². The lowest BCUT2D eigenvalue weighted by molar-refractivity contribution is 0.237. The predicted molar refractivity (Wildman–Crippen MR) is 99.4 cm³/mol. The van der Waals surface area contributed by atoms with E-state index in [9.17, 15) is 0 Å². The highest BCUT2D eigenvalue weighted by Gasteiger charge is 2.35. The Balaban J connectivity index is 1.28. The van der Waals surface area contributed by atoms with Crippen molar-refractivity contribution in [2.45, 2.75) is 69.5 Å². The Morgan fingerprint density at radius 3 is 2.67 bits per heavy atom.